The molecule has 2 heterocycles. The molecule has 1 aromatic carbocycles. The zero-order valence-electron chi connectivity index (χ0n) is 12.1. The highest BCUT2D eigenvalue weighted by molar-refractivity contribution is 5.84. The number of carbonyl (C=O) groups excluding carboxylic acids is 2. The van der Waals surface area contributed by atoms with Crippen molar-refractivity contribution in [1.29, 1.82) is 0 Å². The van der Waals surface area contributed by atoms with Gasteiger partial charge in [-0.2, -0.15) is 0 Å². The zero-order valence-corrected chi connectivity index (χ0v) is 12.1. The van der Waals surface area contributed by atoms with Crippen LogP contribution in [0.3, 0.4) is 0 Å². The maximum Gasteiger partial charge on any atom is 0.222 e. The minimum Gasteiger partial charge on any atom is -0.361 e. The number of aryl methyl sites for hydroxylation is 1. The lowest BCUT2D eigenvalue weighted by Gasteiger charge is -2.26. The van der Waals surface area contributed by atoms with E-state index in [1.807, 2.05) is 23.2 Å². The highest BCUT2D eigenvalue weighted by Crippen LogP contribution is 2.19. The highest BCUT2D eigenvalue weighted by atomic mass is 16.2. The van der Waals surface area contributed by atoms with E-state index in [4.69, 9.17) is 0 Å². The fraction of sp³-hybridized carbons (Fsp3) is 0.412. The minimum absolute atomic E-state index is 0.183. The van der Waals surface area contributed by atoms with Crippen molar-refractivity contribution in [1.82, 2.24) is 9.88 Å². The summed E-state index contributed by atoms with van der Waals surface area (Å²) in [5.41, 5.74) is 2.42. The monoisotopic (exact) mass is 284 g/mol. The van der Waals surface area contributed by atoms with Crippen molar-refractivity contribution in [2.75, 3.05) is 13.1 Å². The van der Waals surface area contributed by atoms with E-state index in [0.717, 1.165) is 18.4 Å². The molecule has 0 bridgehead atoms. The molecule has 4 heteroatoms. The van der Waals surface area contributed by atoms with Crippen molar-refractivity contribution in [2.24, 2.45) is 0 Å². The van der Waals surface area contributed by atoms with Crippen LogP contribution in [-0.2, 0) is 16.0 Å². The molecule has 110 valence electrons. The van der Waals surface area contributed by atoms with E-state index in [1.54, 1.807) is 0 Å². The van der Waals surface area contributed by atoms with Gasteiger partial charge < -0.3 is 9.88 Å². The number of aromatic amines is 1. The molecular weight excluding hydrogens is 264 g/mol. The predicted octanol–water partition coefficient (Wildman–Crippen LogP) is 2.68. The molecule has 0 aliphatic carbocycles. The van der Waals surface area contributed by atoms with Crippen molar-refractivity contribution >= 4 is 22.6 Å². The Morgan fingerprint density at radius 1 is 1.19 bits per heavy atom. The summed E-state index contributed by atoms with van der Waals surface area (Å²) in [4.78, 5) is 28.4. The maximum atomic E-state index is 12.1. The number of ketones is 1. The van der Waals surface area contributed by atoms with Crippen LogP contribution in [0.1, 0.15) is 31.2 Å². The van der Waals surface area contributed by atoms with Gasteiger partial charge >= 0.3 is 0 Å². The Kier molecular flexibility index (Phi) is 4.04. The van der Waals surface area contributed by atoms with Gasteiger partial charge in [-0.3, -0.25) is 9.59 Å². The molecule has 1 aliphatic heterocycles. The zero-order chi connectivity index (χ0) is 14.7. The normalized spacial score (nSPS) is 15.6. The first-order chi connectivity index (χ1) is 10.2. The molecule has 21 heavy (non-hydrogen) atoms. The molecule has 0 radical (unpaired) electrons. The quantitative estimate of drug-likeness (QED) is 0.938. The summed E-state index contributed by atoms with van der Waals surface area (Å²) in [6.07, 6.45) is 5.40. The van der Waals surface area contributed by atoms with Gasteiger partial charge in [0.15, 0.2) is 0 Å². The van der Waals surface area contributed by atoms with Gasteiger partial charge in [-0.1, -0.05) is 18.2 Å². The Balaban J connectivity index is 1.52. The third-order valence-corrected chi connectivity index (χ3v) is 4.19. The van der Waals surface area contributed by atoms with Crippen molar-refractivity contribution in [3.05, 3.63) is 36.0 Å². The van der Waals surface area contributed by atoms with Gasteiger partial charge in [-0.15, -0.1) is 0 Å². The number of hydrogen-bond donors (Lipinski definition) is 1. The minimum atomic E-state index is 0.183. The fourth-order valence-electron chi connectivity index (χ4n) is 2.93. The highest BCUT2D eigenvalue weighted by Gasteiger charge is 2.20. The number of fused-ring (bicyclic) bond motifs is 1. The lowest BCUT2D eigenvalue weighted by molar-refractivity contribution is -0.134. The van der Waals surface area contributed by atoms with Crippen LogP contribution in [0.15, 0.2) is 30.5 Å². The number of piperidine rings is 1. The fourth-order valence-corrected chi connectivity index (χ4v) is 2.93. The van der Waals surface area contributed by atoms with E-state index < -0.39 is 0 Å². The van der Waals surface area contributed by atoms with Gasteiger partial charge in [-0.05, 0) is 24.5 Å². The second kappa shape index (κ2) is 6.12. The number of likely N-dealkylation sites (tertiary alicyclic amines) is 1. The first-order valence-corrected chi connectivity index (χ1v) is 7.58. The summed E-state index contributed by atoms with van der Waals surface area (Å²) in [5.74, 6) is 0.459. The smallest absolute Gasteiger partial charge is 0.222 e. The number of aromatic nitrogens is 1. The summed E-state index contributed by atoms with van der Waals surface area (Å²) in [7, 11) is 0. The van der Waals surface area contributed by atoms with Crippen LogP contribution in [0.5, 0.6) is 0 Å². The number of Topliss-reactive ketones (excluding diaryl/α,β-unsaturated/α-hetero) is 1. The number of benzene rings is 1. The molecule has 1 N–H and O–H groups in total. The lowest BCUT2D eigenvalue weighted by Crippen LogP contribution is -2.38. The standard InChI is InChI=1S/C17H20N2O2/c20-14-8-10-19(11-9-14)17(21)7-3-4-13-12-18-16-6-2-1-5-15(13)16/h1-2,5-6,12,18H,3-4,7-11H2. The van der Waals surface area contributed by atoms with E-state index in [2.05, 4.69) is 17.1 Å². The molecule has 1 aromatic heterocycles. The molecule has 0 spiro atoms. The summed E-state index contributed by atoms with van der Waals surface area (Å²) < 4.78 is 0. The predicted molar refractivity (Wildman–Crippen MR) is 82.1 cm³/mol. The molecule has 1 fully saturated rings. The Bertz CT molecular complexity index is 650. The van der Waals surface area contributed by atoms with Gasteiger partial charge in [-0.25, -0.2) is 0 Å². The SMILES string of the molecule is O=C1CCN(C(=O)CCCc2c[nH]c3ccccc23)CC1. The molecule has 0 unspecified atom stereocenters. The second-order valence-corrected chi connectivity index (χ2v) is 5.63. The van der Waals surface area contributed by atoms with E-state index in [1.165, 1.54) is 10.9 Å². The van der Waals surface area contributed by atoms with Gasteiger partial charge in [0.1, 0.15) is 5.78 Å². The first-order valence-electron chi connectivity index (χ1n) is 7.58. The molecule has 1 aliphatic rings. The van der Waals surface area contributed by atoms with Crippen LogP contribution >= 0.6 is 0 Å². The number of nitrogens with one attached hydrogen (secondary N) is 1. The second-order valence-electron chi connectivity index (χ2n) is 5.63. The van der Waals surface area contributed by atoms with Gasteiger partial charge in [0.2, 0.25) is 5.91 Å². The molecule has 4 nitrogen and oxygen atoms in total. The molecule has 1 amide bonds. The van der Waals surface area contributed by atoms with Gasteiger partial charge in [0.25, 0.3) is 0 Å². The number of rotatable bonds is 4. The maximum absolute atomic E-state index is 12.1. The molecule has 0 atom stereocenters. The largest absolute Gasteiger partial charge is 0.361 e. The number of carbonyl (C=O) groups is 2. The van der Waals surface area contributed by atoms with Crippen molar-refractivity contribution < 1.29 is 9.59 Å². The molecule has 3 rings (SSSR count). The van der Waals surface area contributed by atoms with Crippen LogP contribution in [-0.4, -0.2) is 34.7 Å². The summed E-state index contributed by atoms with van der Waals surface area (Å²) in [6.45, 7) is 1.20. The molecular formula is C17H20N2O2. The van der Waals surface area contributed by atoms with E-state index in [9.17, 15) is 9.59 Å². The average Bonchev–Trinajstić information content (AvgIpc) is 2.91. The summed E-state index contributed by atoms with van der Waals surface area (Å²) in [5, 5.41) is 1.24. The van der Waals surface area contributed by atoms with Crippen LogP contribution < -0.4 is 0 Å². The topological polar surface area (TPSA) is 53.2 Å². The Morgan fingerprint density at radius 3 is 2.76 bits per heavy atom. The molecule has 2 aromatic rings. The van der Waals surface area contributed by atoms with Crippen LogP contribution in [0, 0.1) is 0 Å². The Morgan fingerprint density at radius 2 is 1.95 bits per heavy atom. The van der Waals surface area contributed by atoms with E-state index >= 15 is 0 Å². The third-order valence-electron chi connectivity index (χ3n) is 4.19. The third kappa shape index (κ3) is 3.15. The van der Waals surface area contributed by atoms with E-state index in [-0.39, 0.29) is 11.7 Å². The summed E-state index contributed by atoms with van der Waals surface area (Å²) in [6, 6.07) is 8.23. The van der Waals surface area contributed by atoms with E-state index in [0.29, 0.717) is 32.4 Å². The van der Waals surface area contributed by atoms with Gasteiger partial charge in [0.05, 0.1) is 0 Å². The van der Waals surface area contributed by atoms with Crippen molar-refractivity contribution in [3.63, 3.8) is 0 Å². The Hall–Kier alpha value is -2.10. The molecule has 0 saturated carbocycles. The van der Waals surface area contributed by atoms with Crippen molar-refractivity contribution in [2.45, 2.75) is 32.1 Å². The summed E-state index contributed by atoms with van der Waals surface area (Å²) >= 11 is 0. The average molecular weight is 284 g/mol. The number of hydrogen-bond acceptors (Lipinski definition) is 2. The number of H-pyrrole nitrogens is 1. The van der Waals surface area contributed by atoms with Gasteiger partial charge in [0, 0.05) is 49.5 Å². The van der Waals surface area contributed by atoms with Crippen LogP contribution in [0.4, 0.5) is 0 Å². The number of para-hydroxylation sites is 1. The first kappa shape index (κ1) is 13.9. The molecule has 1 saturated heterocycles. The number of amides is 1. The van der Waals surface area contributed by atoms with Crippen LogP contribution in [0.25, 0.3) is 10.9 Å². The Labute approximate surface area is 124 Å². The van der Waals surface area contributed by atoms with Crippen molar-refractivity contribution in [3.8, 4) is 0 Å². The van der Waals surface area contributed by atoms with Crippen LogP contribution in [0.2, 0.25) is 0 Å². The number of nitrogens with zero attached hydrogens (tertiary/aromatic N) is 1. The lowest BCUT2D eigenvalue weighted by atomic mass is 10.1.